The summed E-state index contributed by atoms with van der Waals surface area (Å²) in [6.07, 6.45) is 6.31. The number of rotatable bonds is 3. The molecule has 23 heavy (non-hydrogen) atoms. The summed E-state index contributed by atoms with van der Waals surface area (Å²) < 4.78 is 1.99. The summed E-state index contributed by atoms with van der Waals surface area (Å²) in [4.78, 5) is 4.70. The van der Waals surface area contributed by atoms with Crippen molar-refractivity contribution in [2.45, 2.75) is 37.8 Å². The van der Waals surface area contributed by atoms with Gasteiger partial charge in [0.05, 0.1) is 12.2 Å². The summed E-state index contributed by atoms with van der Waals surface area (Å²) in [6.45, 7) is 0. The fraction of sp³-hybridized carbons (Fsp3) is 0.353. The van der Waals surface area contributed by atoms with E-state index in [0.29, 0.717) is 12.1 Å². The Labute approximate surface area is 139 Å². The first-order chi connectivity index (χ1) is 11.3. The van der Waals surface area contributed by atoms with E-state index >= 15 is 0 Å². The highest BCUT2D eigenvalue weighted by molar-refractivity contribution is 7.13. The number of hydrogen-bond acceptors (Lipinski definition) is 5. The summed E-state index contributed by atoms with van der Waals surface area (Å²) >= 11 is 1.64. The number of benzene rings is 1. The Balaban J connectivity index is 1.54. The van der Waals surface area contributed by atoms with E-state index < -0.39 is 0 Å². The highest BCUT2D eigenvalue weighted by Gasteiger charge is 2.21. The largest absolute Gasteiger partial charge is 0.328 e. The van der Waals surface area contributed by atoms with Crippen LogP contribution in [-0.2, 0) is 0 Å². The average Bonchev–Trinajstić information content (AvgIpc) is 3.26. The zero-order valence-electron chi connectivity index (χ0n) is 12.8. The minimum Gasteiger partial charge on any atom is -0.328 e. The molecule has 1 fully saturated rings. The standard InChI is InChI=1S/C17H19N5S/c18-13-6-8-14(9-7-13)22-10-15(20-21-22)16-11-23-17(19-16)12-4-2-1-3-5-12/h1-5,10-11,13-14H,6-9,18H2. The molecule has 2 N–H and O–H groups in total. The smallest absolute Gasteiger partial charge is 0.132 e. The van der Waals surface area contributed by atoms with Crippen molar-refractivity contribution in [3.63, 3.8) is 0 Å². The predicted molar refractivity (Wildman–Crippen MR) is 92.0 cm³/mol. The molecular weight excluding hydrogens is 306 g/mol. The SMILES string of the molecule is NC1CCC(n2cc(-c3csc(-c4ccccc4)n3)nn2)CC1. The van der Waals surface area contributed by atoms with E-state index in [0.717, 1.165) is 47.6 Å². The molecule has 2 heterocycles. The number of nitrogens with two attached hydrogens (primary N) is 1. The topological polar surface area (TPSA) is 69.6 Å². The van der Waals surface area contributed by atoms with E-state index in [1.165, 1.54) is 0 Å². The lowest BCUT2D eigenvalue weighted by Crippen LogP contribution is -2.28. The van der Waals surface area contributed by atoms with Crippen molar-refractivity contribution in [1.29, 1.82) is 0 Å². The van der Waals surface area contributed by atoms with Crippen LogP contribution in [0.4, 0.5) is 0 Å². The first-order valence-electron chi connectivity index (χ1n) is 7.98. The number of hydrogen-bond donors (Lipinski definition) is 1. The third-order valence-corrected chi connectivity index (χ3v) is 5.30. The first-order valence-corrected chi connectivity index (χ1v) is 8.86. The molecule has 5 nitrogen and oxygen atoms in total. The van der Waals surface area contributed by atoms with Gasteiger partial charge in [-0.25, -0.2) is 9.67 Å². The molecule has 4 rings (SSSR count). The predicted octanol–water partition coefficient (Wildman–Crippen LogP) is 3.51. The first kappa shape index (κ1) is 14.5. The minimum atomic E-state index is 0.348. The van der Waals surface area contributed by atoms with Crippen LogP contribution in [0.15, 0.2) is 41.9 Å². The van der Waals surface area contributed by atoms with E-state index in [1.807, 2.05) is 34.5 Å². The van der Waals surface area contributed by atoms with Crippen LogP contribution in [0.2, 0.25) is 0 Å². The maximum atomic E-state index is 5.98. The number of thiazole rings is 1. The Morgan fingerprint density at radius 2 is 1.83 bits per heavy atom. The summed E-state index contributed by atoms with van der Waals surface area (Å²) in [5.41, 5.74) is 8.85. The third kappa shape index (κ3) is 3.04. The van der Waals surface area contributed by atoms with E-state index in [9.17, 15) is 0 Å². The van der Waals surface area contributed by atoms with Crippen molar-refractivity contribution in [2.24, 2.45) is 5.73 Å². The molecule has 0 saturated heterocycles. The molecule has 118 valence electrons. The maximum Gasteiger partial charge on any atom is 0.132 e. The van der Waals surface area contributed by atoms with Crippen LogP contribution in [0, 0.1) is 0 Å². The van der Waals surface area contributed by atoms with Gasteiger partial charge in [-0.3, -0.25) is 0 Å². The maximum absolute atomic E-state index is 5.98. The van der Waals surface area contributed by atoms with Crippen molar-refractivity contribution in [3.05, 3.63) is 41.9 Å². The van der Waals surface area contributed by atoms with Gasteiger partial charge in [0.15, 0.2) is 0 Å². The lowest BCUT2D eigenvalue weighted by atomic mass is 9.92. The van der Waals surface area contributed by atoms with Crippen LogP contribution in [0.1, 0.15) is 31.7 Å². The van der Waals surface area contributed by atoms with Crippen LogP contribution in [0.25, 0.3) is 22.0 Å². The van der Waals surface area contributed by atoms with E-state index in [4.69, 9.17) is 10.7 Å². The normalized spacial score (nSPS) is 21.4. The molecule has 2 aromatic heterocycles. The minimum absolute atomic E-state index is 0.348. The third-order valence-electron chi connectivity index (χ3n) is 4.41. The van der Waals surface area contributed by atoms with Gasteiger partial charge in [-0.1, -0.05) is 35.5 Å². The second-order valence-corrected chi connectivity index (χ2v) is 6.91. The van der Waals surface area contributed by atoms with Crippen molar-refractivity contribution in [3.8, 4) is 22.0 Å². The van der Waals surface area contributed by atoms with Crippen LogP contribution in [0.3, 0.4) is 0 Å². The van der Waals surface area contributed by atoms with E-state index in [-0.39, 0.29) is 0 Å². The Kier molecular flexibility index (Phi) is 3.93. The van der Waals surface area contributed by atoms with E-state index in [1.54, 1.807) is 11.3 Å². The number of aromatic nitrogens is 4. The van der Waals surface area contributed by atoms with Gasteiger partial charge >= 0.3 is 0 Å². The van der Waals surface area contributed by atoms with Crippen molar-refractivity contribution >= 4 is 11.3 Å². The lowest BCUT2D eigenvalue weighted by molar-refractivity contribution is 0.300. The molecular formula is C17H19N5S. The molecule has 1 aliphatic rings. The molecule has 1 aromatic carbocycles. The zero-order valence-corrected chi connectivity index (χ0v) is 13.6. The monoisotopic (exact) mass is 325 g/mol. The van der Waals surface area contributed by atoms with Gasteiger partial charge in [-0.2, -0.15) is 0 Å². The van der Waals surface area contributed by atoms with Crippen LogP contribution in [0.5, 0.6) is 0 Å². The second-order valence-electron chi connectivity index (χ2n) is 6.06. The molecule has 1 aliphatic carbocycles. The van der Waals surface area contributed by atoms with Crippen molar-refractivity contribution in [1.82, 2.24) is 20.0 Å². The summed E-state index contributed by atoms with van der Waals surface area (Å²) in [7, 11) is 0. The fourth-order valence-corrected chi connectivity index (χ4v) is 3.86. The van der Waals surface area contributed by atoms with Crippen LogP contribution < -0.4 is 5.73 Å². The summed E-state index contributed by atoms with van der Waals surface area (Å²) in [6, 6.07) is 11.0. The van der Waals surface area contributed by atoms with Gasteiger partial charge in [0.1, 0.15) is 16.4 Å². The Bertz CT molecular complexity index is 771. The number of nitrogens with zero attached hydrogens (tertiary/aromatic N) is 4. The average molecular weight is 325 g/mol. The molecule has 0 amide bonds. The Morgan fingerprint density at radius 3 is 2.61 bits per heavy atom. The molecule has 3 aromatic rings. The van der Waals surface area contributed by atoms with Crippen LogP contribution >= 0.6 is 11.3 Å². The van der Waals surface area contributed by atoms with Gasteiger partial charge in [-0.05, 0) is 25.7 Å². The van der Waals surface area contributed by atoms with Crippen molar-refractivity contribution in [2.75, 3.05) is 0 Å². The Hall–Kier alpha value is -2.05. The lowest BCUT2D eigenvalue weighted by Gasteiger charge is -2.25. The highest BCUT2D eigenvalue weighted by Crippen LogP contribution is 2.30. The molecule has 0 spiro atoms. The molecule has 6 heteroatoms. The summed E-state index contributed by atoms with van der Waals surface area (Å²) in [5.74, 6) is 0. The quantitative estimate of drug-likeness (QED) is 0.800. The van der Waals surface area contributed by atoms with Gasteiger partial charge in [-0.15, -0.1) is 16.4 Å². The molecule has 0 aliphatic heterocycles. The molecule has 1 saturated carbocycles. The van der Waals surface area contributed by atoms with Crippen molar-refractivity contribution < 1.29 is 0 Å². The van der Waals surface area contributed by atoms with E-state index in [2.05, 4.69) is 22.4 Å². The molecule has 0 bridgehead atoms. The van der Waals surface area contributed by atoms with Gasteiger partial charge < -0.3 is 5.73 Å². The molecule has 0 atom stereocenters. The highest BCUT2D eigenvalue weighted by atomic mass is 32.1. The van der Waals surface area contributed by atoms with Gasteiger partial charge in [0, 0.05) is 17.0 Å². The fourth-order valence-electron chi connectivity index (χ4n) is 3.04. The zero-order chi connectivity index (χ0) is 15.6. The van der Waals surface area contributed by atoms with Gasteiger partial charge in [0.2, 0.25) is 0 Å². The molecule has 0 radical (unpaired) electrons. The second kappa shape index (κ2) is 6.22. The summed E-state index contributed by atoms with van der Waals surface area (Å²) in [5, 5.41) is 11.7. The van der Waals surface area contributed by atoms with Gasteiger partial charge in [0.25, 0.3) is 0 Å². The molecule has 0 unspecified atom stereocenters. The Morgan fingerprint density at radius 1 is 1.04 bits per heavy atom. The van der Waals surface area contributed by atoms with Crippen LogP contribution in [-0.4, -0.2) is 26.0 Å².